The molecular weight excluding hydrogens is 142 g/mol. The Kier molecular flexibility index (Phi) is 2.08. The predicted molar refractivity (Wildman–Crippen MR) is 39.5 cm³/mol. The van der Waals surface area contributed by atoms with Crippen LogP contribution in [0.25, 0.3) is 0 Å². The van der Waals surface area contributed by atoms with Crippen LogP contribution in [0.1, 0.15) is 12.8 Å². The second-order valence-corrected chi connectivity index (χ2v) is 2.76. The average Bonchev–Trinajstić information content (AvgIpc) is 2.14. The van der Waals surface area contributed by atoms with Crippen molar-refractivity contribution in [1.29, 1.82) is 0 Å². The molecule has 1 rings (SSSR count). The molecule has 1 heterocycles. The van der Waals surface area contributed by atoms with Gasteiger partial charge in [-0.1, -0.05) is 12.2 Å². The van der Waals surface area contributed by atoms with Gasteiger partial charge in [0.2, 0.25) is 0 Å². The van der Waals surface area contributed by atoms with Crippen molar-refractivity contribution in [1.82, 2.24) is 5.32 Å². The van der Waals surface area contributed by atoms with E-state index in [-0.39, 0.29) is 0 Å². The molecule has 8 heavy (non-hydrogen) atoms. The van der Waals surface area contributed by atoms with Crippen molar-refractivity contribution < 1.29 is 0 Å². The Hall–Kier alpha value is 0.180. The van der Waals surface area contributed by atoms with Gasteiger partial charge in [0.25, 0.3) is 0 Å². The molecule has 0 bridgehead atoms. The fraction of sp³-hybridized carbons (Fsp3) is 0.800. The smallest absolute Gasteiger partial charge is 0.0756 e. The summed E-state index contributed by atoms with van der Waals surface area (Å²) in [4.78, 5) is 0.968. The monoisotopic (exact) mass is 149 g/mol. The lowest BCUT2D eigenvalue weighted by molar-refractivity contribution is 0.698. The summed E-state index contributed by atoms with van der Waals surface area (Å²) >= 11 is 10.4. The summed E-state index contributed by atoms with van der Waals surface area (Å²) in [5, 5.41) is 3.10. The Bertz CT molecular complexity index is 105. The molecule has 1 atom stereocenters. The number of nitrogens with one attached hydrogen (secondary N) is 1. The minimum absolute atomic E-state index is 0.448. The van der Waals surface area contributed by atoms with E-state index in [0.29, 0.717) is 11.9 Å². The van der Waals surface area contributed by atoms with E-state index >= 15 is 0 Å². The zero-order chi connectivity index (χ0) is 5.98. The first-order chi connectivity index (χ1) is 3.83. The summed E-state index contributed by atoms with van der Waals surface area (Å²) in [5.74, 6) is 0.681. The first-order valence-electron chi connectivity index (χ1n) is 2.68. The van der Waals surface area contributed by atoms with Crippen molar-refractivity contribution >= 4 is 28.8 Å². The number of hydrogen-bond acceptors (Lipinski definition) is 1. The molecule has 0 spiro atoms. The maximum absolute atomic E-state index is 5.55. The molecule has 0 aliphatic carbocycles. The number of hydrogen-bond donors (Lipinski definition) is 1. The van der Waals surface area contributed by atoms with E-state index in [1.807, 2.05) is 0 Å². The maximum Gasteiger partial charge on any atom is 0.0756 e. The molecule has 1 aliphatic heterocycles. The topological polar surface area (TPSA) is 12.0 Å². The summed E-state index contributed by atoms with van der Waals surface area (Å²) in [6.45, 7) is 0. The third kappa shape index (κ3) is 1.33. The van der Waals surface area contributed by atoms with E-state index in [9.17, 15) is 0 Å². The van der Waals surface area contributed by atoms with Crippen LogP contribution < -0.4 is 5.32 Å². The first kappa shape index (κ1) is 6.30. The highest BCUT2D eigenvalue weighted by molar-refractivity contribution is 7.80. The Labute approximate surface area is 59.4 Å². The van der Waals surface area contributed by atoms with Gasteiger partial charge in [-0.25, -0.2) is 0 Å². The van der Waals surface area contributed by atoms with Gasteiger partial charge in [-0.15, -0.1) is 11.6 Å². The summed E-state index contributed by atoms with van der Waals surface area (Å²) < 4.78 is 0. The zero-order valence-corrected chi connectivity index (χ0v) is 6.06. The molecule has 0 aromatic carbocycles. The Morgan fingerprint density at radius 3 is 2.88 bits per heavy atom. The lowest BCUT2D eigenvalue weighted by Gasteiger charge is -2.02. The minimum atomic E-state index is 0.448. The molecule has 1 nitrogen and oxygen atoms in total. The van der Waals surface area contributed by atoms with Gasteiger partial charge in [-0.2, -0.15) is 0 Å². The van der Waals surface area contributed by atoms with Crippen LogP contribution in [0.4, 0.5) is 0 Å². The normalized spacial score (nSPS) is 28.1. The lowest BCUT2D eigenvalue weighted by Crippen LogP contribution is -2.25. The van der Waals surface area contributed by atoms with E-state index in [1.165, 1.54) is 0 Å². The van der Waals surface area contributed by atoms with Gasteiger partial charge in [0.1, 0.15) is 0 Å². The molecule has 0 aromatic heterocycles. The number of rotatable bonds is 1. The van der Waals surface area contributed by atoms with Crippen molar-refractivity contribution in [3.05, 3.63) is 0 Å². The standard InChI is InChI=1S/C5H8ClNS/c6-3-4-1-2-5(8)7-4/h4H,1-3H2,(H,7,8)/t4-/m0/s1. The van der Waals surface area contributed by atoms with E-state index in [0.717, 1.165) is 17.8 Å². The van der Waals surface area contributed by atoms with Crippen molar-refractivity contribution in [2.24, 2.45) is 0 Å². The van der Waals surface area contributed by atoms with Crippen molar-refractivity contribution in [3.63, 3.8) is 0 Å². The summed E-state index contributed by atoms with van der Waals surface area (Å²) in [6.07, 6.45) is 2.13. The van der Waals surface area contributed by atoms with Gasteiger partial charge in [0.15, 0.2) is 0 Å². The van der Waals surface area contributed by atoms with Crippen molar-refractivity contribution in [2.75, 3.05) is 5.88 Å². The minimum Gasteiger partial charge on any atom is -0.376 e. The lowest BCUT2D eigenvalue weighted by atomic mass is 10.3. The van der Waals surface area contributed by atoms with Crippen molar-refractivity contribution in [3.8, 4) is 0 Å². The molecule has 46 valence electrons. The van der Waals surface area contributed by atoms with E-state index in [1.54, 1.807) is 0 Å². The van der Waals surface area contributed by atoms with Gasteiger partial charge in [0, 0.05) is 11.9 Å². The third-order valence-corrected chi connectivity index (χ3v) is 1.97. The molecule has 1 saturated heterocycles. The molecule has 1 N–H and O–H groups in total. The summed E-state index contributed by atoms with van der Waals surface area (Å²) in [7, 11) is 0. The molecule has 0 amide bonds. The third-order valence-electron chi connectivity index (χ3n) is 1.27. The molecule has 1 aliphatic rings. The molecule has 0 unspecified atom stereocenters. The number of alkyl halides is 1. The summed E-state index contributed by atoms with van der Waals surface area (Å²) in [5.41, 5.74) is 0. The van der Waals surface area contributed by atoms with Gasteiger partial charge >= 0.3 is 0 Å². The van der Waals surface area contributed by atoms with Crippen molar-refractivity contribution in [2.45, 2.75) is 18.9 Å². The van der Waals surface area contributed by atoms with E-state index in [4.69, 9.17) is 23.8 Å². The Morgan fingerprint density at radius 1 is 1.88 bits per heavy atom. The molecular formula is C5H8ClNS. The first-order valence-corrected chi connectivity index (χ1v) is 3.62. The van der Waals surface area contributed by atoms with Crippen LogP contribution in [0.2, 0.25) is 0 Å². The number of thiocarbonyl (C=S) groups is 1. The fourth-order valence-electron chi connectivity index (χ4n) is 0.793. The van der Waals surface area contributed by atoms with Gasteiger partial charge < -0.3 is 5.32 Å². The molecule has 0 saturated carbocycles. The number of halogens is 1. The average molecular weight is 150 g/mol. The molecule has 0 radical (unpaired) electrons. The molecule has 1 fully saturated rings. The van der Waals surface area contributed by atoms with E-state index < -0.39 is 0 Å². The van der Waals surface area contributed by atoms with Crippen LogP contribution in [-0.4, -0.2) is 16.9 Å². The van der Waals surface area contributed by atoms with Crippen LogP contribution in [-0.2, 0) is 0 Å². The highest BCUT2D eigenvalue weighted by Crippen LogP contribution is 2.08. The molecule has 0 aromatic rings. The Morgan fingerprint density at radius 2 is 2.62 bits per heavy atom. The highest BCUT2D eigenvalue weighted by Gasteiger charge is 2.15. The van der Waals surface area contributed by atoms with E-state index in [2.05, 4.69) is 5.32 Å². The van der Waals surface area contributed by atoms with Crippen LogP contribution in [0.15, 0.2) is 0 Å². The fourth-order valence-corrected chi connectivity index (χ4v) is 1.31. The summed E-state index contributed by atoms with van der Waals surface area (Å²) in [6, 6.07) is 0.448. The Balaban J connectivity index is 2.32. The molecule has 3 heteroatoms. The van der Waals surface area contributed by atoms with Crippen LogP contribution >= 0.6 is 23.8 Å². The SMILES string of the molecule is S=C1CC[C@@H](CCl)N1. The van der Waals surface area contributed by atoms with Gasteiger partial charge in [-0.3, -0.25) is 0 Å². The quantitative estimate of drug-likeness (QED) is 0.446. The zero-order valence-electron chi connectivity index (χ0n) is 4.48. The van der Waals surface area contributed by atoms with Gasteiger partial charge in [0.05, 0.1) is 4.99 Å². The predicted octanol–water partition coefficient (Wildman–Crippen LogP) is 1.30. The van der Waals surface area contributed by atoms with Crippen LogP contribution in [0.3, 0.4) is 0 Å². The second kappa shape index (κ2) is 2.65. The highest BCUT2D eigenvalue weighted by atomic mass is 35.5. The largest absolute Gasteiger partial charge is 0.376 e. The second-order valence-electron chi connectivity index (χ2n) is 1.96. The van der Waals surface area contributed by atoms with Crippen LogP contribution in [0.5, 0.6) is 0 Å². The van der Waals surface area contributed by atoms with Crippen LogP contribution in [0, 0.1) is 0 Å². The van der Waals surface area contributed by atoms with Gasteiger partial charge in [-0.05, 0) is 12.8 Å². The maximum atomic E-state index is 5.55.